The maximum absolute atomic E-state index is 12.7. The third-order valence-electron chi connectivity index (χ3n) is 5.62. The van der Waals surface area contributed by atoms with Crippen LogP contribution in [-0.4, -0.2) is 24.0 Å². The Bertz CT molecular complexity index is 772. The lowest BCUT2D eigenvalue weighted by molar-refractivity contribution is 0.0943. The molecule has 2 heterocycles. The number of hydrogen-bond acceptors (Lipinski definition) is 4. The molecule has 0 bridgehead atoms. The normalized spacial score (nSPS) is 18.7. The zero-order chi connectivity index (χ0) is 18.1. The van der Waals surface area contributed by atoms with Gasteiger partial charge in [-0.2, -0.15) is 0 Å². The number of nitrogens with one attached hydrogen (secondary N) is 1. The van der Waals surface area contributed by atoms with Crippen LogP contribution in [0.25, 0.3) is 0 Å². The number of rotatable bonds is 5. The first-order valence-corrected chi connectivity index (χ1v) is 10.3. The van der Waals surface area contributed by atoms with E-state index in [1.54, 1.807) is 18.4 Å². The highest BCUT2D eigenvalue weighted by atomic mass is 32.1. The van der Waals surface area contributed by atoms with E-state index in [-0.39, 0.29) is 11.9 Å². The Balaban J connectivity index is 1.40. The van der Waals surface area contributed by atoms with Crippen molar-refractivity contribution in [3.63, 3.8) is 0 Å². The average molecular weight is 371 g/mol. The van der Waals surface area contributed by atoms with Crippen LogP contribution in [0, 0.1) is 0 Å². The highest BCUT2D eigenvalue weighted by Crippen LogP contribution is 2.36. The number of nitrogens with zero attached hydrogens (tertiary/aromatic N) is 1. The van der Waals surface area contributed by atoms with E-state index < -0.39 is 0 Å². The molecule has 2 aliphatic rings. The van der Waals surface area contributed by atoms with Crippen molar-refractivity contribution in [2.75, 3.05) is 7.11 Å². The second kappa shape index (κ2) is 7.41. The smallest absolute Gasteiger partial charge is 0.261 e. The van der Waals surface area contributed by atoms with Crippen molar-refractivity contribution in [2.24, 2.45) is 0 Å². The quantitative estimate of drug-likeness (QED) is 0.842. The molecular weight excluding hydrogens is 344 g/mol. The number of carbonyl (C=O) groups excluding carboxylic acids is 1. The van der Waals surface area contributed by atoms with Crippen molar-refractivity contribution < 1.29 is 9.53 Å². The molecule has 4 rings (SSSR count). The monoisotopic (exact) mass is 370 g/mol. The van der Waals surface area contributed by atoms with Gasteiger partial charge in [0.1, 0.15) is 5.75 Å². The van der Waals surface area contributed by atoms with Gasteiger partial charge in [0.15, 0.2) is 0 Å². The lowest BCUT2D eigenvalue weighted by Crippen LogP contribution is -2.28. The van der Waals surface area contributed by atoms with Crippen LogP contribution in [0.3, 0.4) is 0 Å². The standard InChI is InChI=1S/C21H26N2O2S/c1-14(15-6-5-9-18(10-15)25-2)22-21(24)19-11-16-12-23(13-20(16)26-19)17-7-3-4-8-17/h5-6,9-11,14,17H,3-4,7-8,12-13H2,1-2H3,(H,22,24). The van der Waals surface area contributed by atoms with E-state index in [1.807, 2.05) is 31.2 Å². The molecule has 1 aliphatic heterocycles. The summed E-state index contributed by atoms with van der Waals surface area (Å²) in [4.78, 5) is 17.5. The number of benzene rings is 1. The highest BCUT2D eigenvalue weighted by molar-refractivity contribution is 7.14. The minimum atomic E-state index is -0.0514. The van der Waals surface area contributed by atoms with Crippen molar-refractivity contribution in [1.82, 2.24) is 10.2 Å². The molecule has 1 fully saturated rings. The summed E-state index contributed by atoms with van der Waals surface area (Å²) in [6.07, 6.45) is 5.40. The first-order chi connectivity index (χ1) is 12.6. The Morgan fingerprint density at radius 1 is 1.27 bits per heavy atom. The number of hydrogen-bond donors (Lipinski definition) is 1. The molecule has 4 nitrogen and oxygen atoms in total. The predicted octanol–water partition coefficient (Wildman–Crippen LogP) is 4.51. The van der Waals surface area contributed by atoms with Gasteiger partial charge in [0.2, 0.25) is 0 Å². The highest BCUT2D eigenvalue weighted by Gasteiger charge is 2.30. The van der Waals surface area contributed by atoms with Gasteiger partial charge in [-0.05, 0) is 49.1 Å². The minimum Gasteiger partial charge on any atom is -0.497 e. The van der Waals surface area contributed by atoms with Gasteiger partial charge in [-0.15, -0.1) is 11.3 Å². The van der Waals surface area contributed by atoms with Gasteiger partial charge in [-0.1, -0.05) is 25.0 Å². The van der Waals surface area contributed by atoms with Gasteiger partial charge in [0, 0.05) is 24.0 Å². The Morgan fingerprint density at radius 2 is 2.08 bits per heavy atom. The molecule has 1 amide bonds. The van der Waals surface area contributed by atoms with Crippen molar-refractivity contribution in [2.45, 2.75) is 57.8 Å². The molecule has 0 radical (unpaired) electrons. The van der Waals surface area contributed by atoms with Gasteiger partial charge in [0.05, 0.1) is 18.0 Å². The molecule has 1 unspecified atom stereocenters. The lowest BCUT2D eigenvalue weighted by Gasteiger charge is -2.22. The molecule has 26 heavy (non-hydrogen) atoms. The fourth-order valence-corrected chi connectivity index (χ4v) is 5.20. The Morgan fingerprint density at radius 3 is 2.81 bits per heavy atom. The van der Waals surface area contributed by atoms with Crippen LogP contribution in [0.4, 0.5) is 0 Å². The summed E-state index contributed by atoms with van der Waals surface area (Å²) in [6, 6.07) is 10.7. The SMILES string of the molecule is COc1cccc(C(C)NC(=O)c2cc3c(s2)CN(C2CCCC2)C3)c1. The van der Waals surface area contributed by atoms with Crippen LogP contribution >= 0.6 is 11.3 Å². The second-order valence-corrected chi connectivity index (χ2v) is 8.51. The summed E-state index contributed by atoms with van der Waals surface area (Å²) < 4.78 is 5.27. The van der Waals surface area contributed by atoms with Crippen molar-refractivity contribution >= 4 is 17.2 Å². The molecule has 2 aromatic rings. The third kappa shape index (κ3) is 3.51. The Kier molecular flexibility index (Phi) is 5.00. The average Bonchev–Trinajstić information content (AvgIpc) is 3.36. The minimum absolute atomic E-state index is 0.0205. The van der Waals surface area contributed by atoms with Gasteiger partial charge < -0.3 is 10.1 Å². The summed E-state index contributed by atoms with van der Waals surface area (Å²) >= 11 is 1.66. The summed E-state index contributed by atoms with van der Waals surface area (Å²) in [5.41, 5.74) is 2.40. The van der Waals surface area contributed by atoms with Gasteiger partial charge >= 0.3 is 0 Å². The molecule has 1 aromatic carbocycles. The van der Waals surface area contributed by atoms with E-state index in [0.29, 0.717) is 0 Å². The first-order valence-electron chi connectivity index (χ1n) is 9.44. The molecule has 1 N–H and O–H groups in total. The maximum atomic E-state index is 12.7. The molecule has 1 atom stereocenters. The largest absolute Gasteiger partial charge is 0.497 e. The molecule has 138 valence electrons. The van der Waals surface area contributed by atoms with E-state index >= 15 is 0 Å². The van der Waals surface area contributed by atoms with Crippen LogP contribution in [0.2, 0.25) is 0 Å². The number of methoxy groups -OCH3 is 1. The fraction of sp³-hybridized carbons (Fsp3) is 0.476. The first kappa shape index (κ1) is 17.6. The Labute approximate surface area is 159 Å². The molecule has 0 spiro atoms. The summed E-state index contributed by atoms with van der Waals surface area (Å²) in [7, 11) is 1.66. The molecular formula is C21H26N2O2S. The number of carbonyl (C=O) groups is 1. The van der Waals surface area contributed by atoms with E-state index in [2.05, 4.69) is 16.3 Å². The van der Waals surface area contributed by atoms with Crippen LogP contribution in [0.1, 0.15) is 64.3 Å². The van der Waals surface area contributed by atoms with Crippen LogP contribution in [-0.2, 0) is 13.1 Å². The molecule has 5 heteroatoms. The van der Waals surface area contributed by atoms with E-state index in [4.69, 9.17) is 4.74 Å². The summed E-state index contributed by atoms with van der Waals surface area (Å²) in [5.74, 6) is 0.831. The molecule has 0 saturated heterocycles. The zero-order valence-electron chi connectivity index (χ0n) is 15.5. The molecule has 1 aromatic heterocycles. The van der Waals surface area contributed by atoms with Crippen LogP contribution in [0.15, 0.2) is 30.3 Å². The van der Waals surface area contributed by atoms with E-state index in [1.165, 1.54) is 36.1 Å². The summed E-state index contributed by atoms with van der Waals surface area (Å²) in [6.45, 7) is 4.04. The van der Waals surface area contributed by atoms with Gasteiger partial charge in [-0.25, -0.2) is 0 Å². The lowest BCUT2D eigenvalue weighted by atomic mass is 10.1. The number of amides is 1. The van der Waals surface area contributed by atoms with Gasteiger partial charge in [0.25, 0.3) is 5.91 Å². The fourth-order valence-electron chi connectivity index (χ4n) is 4.09. The molecule has 1 aliphatic carbocycles. The topological polar surface area (TPSA) is 41.6 Å². The summed E-state index contributed by atoms with van der Waals surface area (Å²) in [5, 5.41) is 3.12. The Hall–Kier alpha value is -1.85. The van der Waals surface area contributed by atoms with Gasteiger partial charge in [-0.3, -0.25) is 9.69 Å². The predicted molar refractivity (Wildman–Crippen MR) is 105 cm³/mol. The van der Waals surface area contributed by atoms with Crippen LogP contribution < -0.4 is 10.1 Å². The van der Waals surface area contributed by atoms with Crippen molar-refractivity contribution in [1.29, 1.82) is 0 Å². The van der Waals surface area contributed by atoms with Crippen molar-refractivity contribution in [3.8, 4) is 5.75 Å². The second-order valence-electron chi connectivity index (χ2n) is 7.37. The van der Waals surface area contributed by atoms with E-state index in [9.17, 15) is 4.79 Å². The van der Waals surface area contributed by atoms with E-state index in [0.717, 1.165) is 35.3 Å². The third-order valence-corrected chi connectivity index (χ3v) is 6.78. The van der Waals surface area contributed by atoms with Crippen molar-refractivity contribution in [3.05, 3.63) is 51.2 Å². The maximum Gasteiger partial charge on any atom is 0.261 e. The molecule has 1 saturated carbocycles. The number of thiophene rings is 1. The zero-order valence-corrected chi connectivity index (χ0v) is 16.3. The number of ether oxygens (including phenoxy) is 1. The van der Waals surface area contributed by atoms with Crippen LogP contribution in [0.5, 0.6) is 5.75 Å². The number of fused-ring (bicyclic) bond motifs is 1.